The van der Waals surface area contributed by atoms with E-state index in [1.807, 2.05) is 41.3 Å². The molecule has 2 aromatic rings. The number of ether oxygens (including phenoxy) is 1. The highest BCUT2D eigenvalue weighted by atomic mass is 35.5. The van der Waals surface area contributed by atoms with Crippen molar-refractivity contribution in [3.05, 3.63) is 58.6 Å². The molecule has 0 spiro atoms. The third kappa shape index (κ3) is 7.14. The van der Waals surface area contributed by atoms with E-state index in [1.54, 1.807) is 6.07 Å². The van der Waals surface area contributed by atoms with Crippen LogP contribution in [0, 0.1) is 0 Å². The number of carbonyl (C=O) groups excluding carboxylic acids is 2. The molecule has 3 N–H and O–H groups in total. The van der Waals surface area contributed by atoms with Crippen molar-refractivity contribution in [1.29, 1.82) is 0 Å². The Balaban J connectivity index is 1.29. The molecule has 4 rings (SSSR count). The summed E-state index contributed by atoms with van der Waals surface area (Å²) in [5.41, 5.74) is 2.43. The average Bonchev–Trinajstić information content (AvgIpc) is 2.90. The molecule has 0 aromatic heterocycles. The molecule has 2 heterocycles. The normalized spacial score (nSPS) is 16.1. The lowest BCUT2D eigenvalue weighted by atomic mass is 9.86. The molecule has 9 nitrogen and oxygen atoms in total. The molecule has 0 aliphatic carbocycles. The Hall–Kier alpha value is -3.30. The van der Waals surface area contributed by atoms with Crippen LogP contribution in [0.25, 0.3) is 0 Å². The van der Waals surface area contributed by atoms with Crippen LogP contribution in [0.4, 0.5) is 10.5 Å². The van der Waals surface area contributed by atoms with Gasteiger partial charge in [-0.1, -0.05) is 29.8 Å². The van der Waals surface area contributed by atoms with Gasteiger partial charge in [-0.2, -0.15) is 0 Å². The maximum Gasteiger partial charge on any atom is 0.404 e. The van der Waals surface area contributed by atoms with Crippen LogP contribution in [0.15, 0.2) is 42.5 Å². The number of para-hydroxylation sites is 2. The Kier molecular flexibility index (Phi) is 9.24. The van der Waals surface area contributed by atoms with Crippen LogP contribution in [-0.4, -0.2) is 73.8 Å². The Labute approximate surface area is 221 Å². The maximum atomic E-state index is 12.9. The molecule has 2 aliphatic heterocycles. The highest BCUT2D eigenvalue weighted by Gasteiger charge is 2.28. The number of nitrogens with zero attached hydrogens (tertiary/aromatic N) is 2. The van der Waals surface area contributed by atoms with Crippen molar-refractivity contribution in [1.82, 2.24) is 15.5 Å². The number of nitrogens with one attached hydrogen (secondary N) is 2. The predicted octanol–water partition coefficient (Wildman–Crippen LogP) is 3.72. The van der Waals surface area contributed by atoms with Gasteiger partial charge in [-0.05, 0) is 74.5 Å². The Morgan fingerprint density at radius 3 is 2.51 bits per heavy atom. The molecule has 1 fully saturated rings. The standard InChI is InChI=1S/C27H33ClN4O5/c28-20-7-8-21(22(17-20)26(34)29-11-3-4-12-30-27(35)36)19-9-13-31(14-10-19)15-16-32-23-5-1-2-6-24(23)37-18-25(32)33/h1-2,5-8,17,19,30H,3-4,9-16,18H2,(H,29,34)(H,35,36). The first-order valence-corrected chi connectivity index (χ1v) is 13.1. The van der Waals surface area contributed by atoms with Gasteiger partial charge in [-0.3, -0.25) is 9.59 Å². The van der Waals surface area contributed by atoms with Gasteiger partial charge in [0.1, 0.15) is 5.75 Å². The summed E-state index contributed by atoms with van der Waals surface area (Å²) in [5.74, 6) is 0.810. The summed E-state index contributed by atoms with van der Waals surface area (Å²) in [6.45, 7) is 4.04. The number of unbranched alkanes of at least 4 members (excludes halogenated alkanes) is 1. The van der Waals surface area contributed by atoms with Crippen LogP contribution in [0.3, 0.4) is 0 Å². The number of carbonyl (C=O) groups is 3. The lowest BCUT2D eigenvalue weighted by Gasteiger charge is -2.35. The summed E-state index contributed by atoms with van der Waals surface area (Å²) in [4.78, 5) is 40.1. The Morgan fingerprint density at radius 1 is 1.03 bits per heavy atom. The number of hydrogen-bond donors (Lipinski definition) is 3. The summed E-state index contributed by atoms with van der Waals surface area (Å²) >= 11 is 6.22. The fourth-order valence-electron chi connectivity index (χ4n) is 4.93. The van der Waals surface area contributed by atoms with Gasteiger partial charge >= 0.3 is 6.09 Å². The van der Waals surface area contributed by atoms with Crippen molar-refractivity contribution in [3.63, 3.8) is 0 Å². The van der Waals surface area contributed by atoms with Gasteiger partial charge in [0, 0.05) is 36.8 Å². The van der Waals surface area contributed by atoms with Gasteiger partial charge in [-0.25, -0.2) is 4.79 Å². The van der Waals surface area contributed by atoms with Crippen molar-refractivity contribution in [3.8, 4) is 5.75 Å². The minimum absolute atomic E-state index is 0.0245. The van der Waals surface area contributed by atoms with Crippen LogP contribution in [0.2, 0.25) is 5.02 Å². The lowest BCUT2D eigenvalue weighted by molar-refractivity contribution is -0.121. The molecular weight excluding hydrogens is 496 g/mol. The number of likely N-dealkylation sites (tertiary alicyclic amines) is 1. The van der Waals surface area contributed by atoms with E-state index < -0.39 is 6.09 Å². The number of hydrogen-bond acceptors (Lipinski definition) is 5. The zero-order chi connectivity index (χ0) is 26.2. The number of benzene rings is 2. The number of rotatable bonds is 10. The van der Waals surface area contributed by atoms with E-state index >= 15 is 0 Å². The molecular formula is C27H33ClN4O5. The molecule has 37 heavy (non-hydrogen) atoms. The van der Waals surface area contributed by atoms with E-state index in [2.05, 4.69) is 15.5 Å². The fraction of sp³-hybridized carbons (Fsp3) is 0.444. The van der Waals surface area contributed by atoms with E-state index in [4.69, 9.17) is 21.4 Å². The highest BCUT2D eigenvalue weighted by molar-refractivity contribution is 6.31. The molecule has 2 aliphatic rings. The summed E-state index contributed by atoms with van der Waals surface area (Å²) < 4.78 is 5.54. The van der Waals surface area contributed by atoms with Crippen LogP contribution in [-0.2, 0) is 4.79 Å². The van der Waals surface area contributed by atoms with Gasteiger partial charge in [0.05, 0.1) is 5.69 Å². The average molecular weight is 529 g/mol. The first-order chi connectivity index (χ1) is 17.9. The number of carboxylic acid groups (broad SMARTS) is 1. The van der Waals surface area contributed by atoms with E-state index in [0.717, 1.165) is 49.5 Å². The summed E-state index contributed by atoms with van der Waals surface area (Å²) in [6.07, 6.45) is 2.11. The van der Waals surface area contributed by atoms with Crippen LogP contribution < -0.4 is 20.3 Å². The number of halogens is 1. The Morgan fingerprint density at radius 2 is 1.76 bits per heavy atom. The zero-order valence-electron chi connectivity index (χ0n) is 20.7. The van der Waals surface area contributed by atoms with Crippen molar-refractivity contribution in [2.75, 3.05) is 50.8 Å². The fourth-order valence-corrected chi connectivity index (χ4v) is 5.10. The van der Waals surface area contributed by atoms with Crippen molar-refractivity contribution >= 4 is 35.2 Å². The van der Waals surface area contributed by atoms with Gasteiger partial charge in [0.2, 0.25) is 0 Å². The first-order valence-electron chi connectivity index (χ1n) is 12.7. The van der Waals surface area contributed by atoms with E-state index in [-0.39, 0.29) is 24.3 Å². The minimum atomic E-state index is -1.04. The molecule has 2 aromatic carbocycles. The Bertz CT molecular complexity index is 1120. The van der Waals surface area contributed by atoms with Crippen LogP contribution >= 0.6 is 11.6 Å². The highest BCUT2D eigenvalue weighted by Crippen LogP contribution is 2.33. The number of amides is 3. The quantitative estimate of drug-likeness (QED) is 0.405. The van der Waals surface area contributed by atoms with Crippen LogP contribution in [0.5, 0.6) is 5.75 Å². The van der Waals surface area contributed by atoms with E-state index in [0.29, 0.717) is 43.1 Å². The SMILES string of the molecule is O=C(O)NCCCCNC(=O)c1cc(Cl)ccc1C1CCN(CCN2C(=O)COc3ccccc32)CC1. The minimum Gasteiger partial charge on any atom is -0.482 e. The van der Waals surface area contributed by atoms with Gasteiger partial charge in [0.25, 0.3) is 11.8 Å². The molecule has 0 saturated carbocycles. The molecule has 10 heteroatoms. The van der Waals surface area contributed by atoms with E-state index in [1.165, 1.54) is 0 Å². The molecule has 0 radical (unpaired) electrons. The molecule has 0 unspecified atom stereocenters. The predicted molar refractivity (Wildman–Crippen MR) is 142 cm³/mol. The first kappa shape index (κ1) is 26.8. The second kappa shape index (κ2) is 12.8. The van der Waals surface area contributed by atoms with E-state index in [9.17, 15) is 14.4 Å². The third-order valence-corrected chi connectivity index (χ3v) is 7.14. The third-order valence-electron chi connectivity index (χ3n) is 6.90. The van der Waals surface area contributed by atoms with Gasteiger partial charge in [-0.15, -0.1) is 0 Å². The molecule has 0 bridgehead atoms. The second-order valence-corrected chi connectivity index (χ2v) is 9.78. The smallest absolute Gasteiger partial charge is 0.404 e. The number of anilines is 1. The summed E-state index contributed by atoms with van der Waals surface area (Å²) in [6, 6.07) is 13.1. The lowest BCUT2D eigenvalue weighted by Crippen LogP contribution is -2.45. The number of piperidine rings is 1. The second-order valence-electron chi connectivity index (χ2n) is 9.34. The summed E-state index contributed by atoms with van der Waals surface area (Å²) in [7, 11) is 0. The molecule has 0 atom stereocenters. The van der Waals surface area contributed by atoms with Gasteiger partial charge in [0.15, 0.2) is 6.61 Å². The topological polar surface area (TPSA) is 111 Å². The monoisotopic (exact) mass is 528 g/mol. The summed E-state index contributed by atoms with van der Waals surface area (Å²) in [5, 5.41) is 14.4. The maximum absolute atomic E-state index is 12.9. The van der Waals surface area contributed by atoms with Crippen molar-refractivity contribution in [2.24, 2.45) is 0 Å². The molecule has 198 valence electrons. The molecule has 1 saturated heterocycles. The van der Waals surface area contributed by atoms with Crippen LogP contribution in [0.1, 0.15) is 47.5 Å². The zero-order valence-corrected chi connectivity index (χ0v) is 21.5. The van der Waals surface area contributed by atoms with Crippen molar-refractivity contribution < 1.29 is 24.2 Å². The number of fused-ring (bicyclic) bond motifs is 1. The van der Waals surface area contributed by atoms with Gasteiger partial charge < -0.3 is 30.3 Å². The van der Waals surface area contributed by atoms with Crippen molar-refractivity contribution in [2.45, 2.75) is 31.6 Å². The molecule has 3 amide bonds. The largest absolute Gasteiger partial charge is 0.482 e.